The first-order chi connectivity index (χ1) is 15.8. The molecule has 3 aliphatic rings. The van der Waals surface area contributed by atoms with Gasteiger partial charge in [0.1, 0.15) is 5.82 Å². The summed E-state index contributed by atoms with van der Waals surface area (Å²) < 4.78 is 18.9. The second-order valence-corrected chi connectivity index (χ2v) is 10.3. The molecule has 2 N–H and O–H groups in total. The van der Waals surface area contributed by atoms with Gasteiger partial charge in [-0.05, 0) is 102 Å². The molecule has 2 aliphatic carbocycles. The normalized spacial score (nSPS) is 26.7. The third-order valence-corrected chi connectivity index (χ3v) is 7.89. The maximum atomic E-state index is 13.3. The highest BCUT2D eigenvalue weighted by atomic mass is 35.5. The summed E-state index contributed by atoms with van der Waals surface area (Å²) in [6.45, 7) is 2.62. The molecule has 1 heterocycles. The van der Waals surface area contributed by atoms with Gasteiger partial charge in [0.05, 0.1) is 10.9 Å². The van der Waals surface area contributed by atoms with Gasteiger partial charge < -0.3 is 15.4 Å². The Labute approximate surface area is 199 Å². The predicted molar refractivity (Wildman–Crippen MR) is 122 cm³/mol. The smallest absolute Gasteiger partial charge is 0.309 e. The highest BCUT2D eigenvalue weighted by Crippen LogP contribution is 2.39. The molecule has 0 unspecified atom stereocenters. The molecule has 3 fully saturated rings. The number of nitrogens with two attached hydrogens (primary N) is 1. The van der Waals surface area contributed by atoms with Gasteiger partial charge in [0.15, 0.2) is 11.4 Å². The van der Waals surface area contributed by atoms with Crippen molar-refractivity contribution in [3.05, 3.63) is 34.6 Å². The number of benzene rings is 1. The van der Waals surface area contributed by atoms with Crippen LogP contribution < -0.4 is 5.73 Å². The molecule has 6 nitrogen and oxygen atoms in total. The van der Waals surface area contributed by atoms with Crippen LogP contribution in [-0.2, 0) is 14.3 Å². The Morgan fingerprint density at radius 3 is 2.30 bits per heavy atom. The molecule has 180 valence electrons. The van der Waals surface area contributed by atoms with Gasteiger partial charge in [0, 0.05) is 11.5 Å². The lowest BCUT2D eigenvalue weighted by molar-refractivity contribution is -0.173. The van der Waals surface area contributed by atoms with E-state index in [-0.39, 0.29) is 28.6 Å². The van der Waals surface area contributed by atoms with E-state index in [1.165, 1.54) is 18.2 Å². The highest BCUT2D eigenvalue weighted by molar-refractivity contribution is 6.34. The van der Waals surface area contributed by atoms with Crippen molar-refractivity contribution < 1.29 is 23.5 Å². The molecule has 8 heteroatoms. The number of amides is 1. The topological polar surface area (TPSA) is 89.7 Å². The van der Waals surface area contributed by atoms with E-state index in [1.54, 1.807) is 0 Å². The average Bonchev–Trinajstić information content (AvgIpc) is 3.64. The zero-order valence-corrected chi connectivity index (χ0v) is 19.6. The number of ketones is 1. The van der Waals surface area contributed by atoms with Crippen LogP contribution in [0.5, 0.6) is 0 Å². The van der Waals surface area contributed by atoms with Crippen molar-refractivity contribution in [1.82, 2.24) is 4.90 Å². The van der Waals surface area contributed by atoms with E-state index in [2.05, 4.69) is 4.90 Å². The Hall–Kier alpha value is -1.99. The molecule has 1 saturated heterocycles. The minimum atomic E-state index is -1.13. The number of esters is 1. The monoisotopic (exact) mass is 478 g/mol. The number of rotatable bonds is 8. The van der Waals surface area contributed by atoms with Crippen molar-refractivity contribution in [3.63, 3.8) is 0 Å². The van der Waals surface area contributed by atoms with Gasteiger partial charge in [-0.15, -0.1) is 0 Å². The molecule has 0 radical (unpaired) electrons. The standard InChI is InChI=1S/C25H32ClFN2O4/c26-21-15-19(27)3-4-20(21)22(30)17-8-13-29(14-9-17)12-7-16-5-10-25(11-6-16,24(28)32)33-23(31)18-1-2-18/h3-4,15-18H,1-2,5-14H2,(H2,28,32). The number of carbonyl (C=O) groups excluding carboxylic acids is 3. The number of halogens is 2. The number of hydrogen-bond acceptors (Lipinski definition) is 5. The maximum absolute atomic E-state index is 13.3. The van der Waals surface area contributed by atoms with Gasteiger partial charge in [-0.2, -0.15) is 0 Å². The first-order valence-electron chi connectivity index (χ1n) is 12.0. The molecular formula is C25H32ClFN2O4. The number of nitrogens with zero attached hydrogens (tertiary/aromatic N) is 1. The van der Waals surface area contributed by atoms with Crippen molar-refractivity contribution in [2.24, 2.45) is 23.5 Å². The number of ether oxygens (including phenoxy) is 1. The van der Waals surface area contributed by atoms with Crippen LogP contribution in [0.3, 0.4) is 0 Å². The van der Waals surface area contributed by atoms with Crippen molar-refractivity contribution in [3.8, 4) is 0 Å². The SMILES string of the molecule is NC(=O)C1(OC(=O)C2CC2)CCC(CCN2CCC(C(=O)c3ccc(F)cc3Cl)CC2)CC1. The number of carbonyl (C=O) groups is 3. The second kappa shape index (κ2) is 10.1. The number of likely N-dealkylation sites (tertiary alicyclic amines) is 1. The Bertz CT molecular complexity index is 904. The van der Waals surface area contributed by atoms with Crippen LogP contribution in [0.4, 0.5) is 4.39 Å². The van der Waals surface area contributed by atoms with Crippen LogP contribution in [0.2, 0.25) is 5.02 Å². The summed E-state index contributed by atoms with van der Waals surface area (Å²) in [5, 5.41) is 0.176. The maximum Gasteiger partial charge on any atom is 0.309 e. The van der Waals surface area contributed by atoms with E-state index in [1.807, 2.05) is 0 Å². The number of primary amides is 1. The zero-order valence-electron chi connectivity index (χ0n) is 18.9. The van der Waals surface area contributed by atoms with E-state index < -0.39 is 17.3 Å². The molecule has 0 atom stereocenters. The van der Waals surface area contributed by atoms with E-state index >= 15 is 0 Å². The molecule has 1 amide bonds. The first-order valence-corrected chi connectivity index (χ1v) is 12.4. The fourth-order valence-corrected chi connectivity index (χ4v) is 5.38. The van der Waals surface area contributed by atoms with Gasteiger partial charge in [-0.1, -0.05) is 11.6 Å². The van der Waals surface area contributed by atoms with Crippen LogP contribution in [-0.4, -0.2) is 47.8 Å². The van der Waals surface area contributed by atoms with Crippen LogP contribution in [0.15, 0.2) is 18.2 Å². The van der Waals surface area contributed by atoms with Crippen LogP contribution >= 0.6 is 11.6 Å². The summed E-state index contributed by atoms with van der Waals surface area (Å²) in [6.07, 6.45) is 6.86. The summed E-state index contributed by atoms with van der Waals surface area (Å²) in [5.41, 5.74) is 4.90. The van der Waals surface area contributed by atoms with Crippen molar-refractivity contribution >= 4 is 29.3 Å². The lowest BCUT2D eigenvalue weighted by atomic mass is 9.77. The number of Topliss-reactive ketones (excluding diaryl/α,β-unsaturated/α-hetero) is 1. The molecule has 0 bridgehead atoms. The predicted octanol–water partition coefficient (Wildman–Crippen LogP) is 4.13. The van der Waals surface area contributed by atoms with Crippen molar-refractivity contribution in [1.29, 1.82) is 0 Å². The van der Waals surface area contributed by atoms with E-state index in [4.69, 9.17) is 22.1 Å². The largest absolute Gasteiger partial charge is 0.449 e. The first kappa shape index (κ1) is 24.1. The minimum Gasteiger partial charge on any atom is -0.449 e. The minimum absolute atomic E-state index is 0.00420. The van der Waals surface area contributed by atoms with Gasteiger partial charge >= 0.3 is 5.97 Å². The molecule has 1 aliphatic heterocycles. The molecule has 1 aromatic carbocycles. The van der Waals surface area contributed by atoms with Crippen LogP contribution in [0.25, 0.3) is 0 Å². The number of piperidine rings is 1. The van der Waals surface area contributed by atoms with Crippen molar-refractivity contribution in [2.45, 2.75) is 63.4 Å². The zero-order chi connectivity index (χ0) is 23.6. The van der Waals surface area contributed by atoms with Gasteiger partial charge in [-0.25, -0.2) is 4.39 Å². The molecule has 33 heavy (non-hydrogen) atoms. The lowest BCUT2D eigenvalue weighted by Gasteiger charge is -2.38. The molecule has 0 aromatic heterocycles. The van der Waals surface area contributed by atoms with Gasteiger partial charge in [0.25, 0.3) is 5.91 Å². The Kier molecular flexibility index (Phi) is 7.39. The van der Waals surface area contributed by atoms with E-state index in [9.17, 15) is 18.8 Å². The third kappa shape index (κ3) is 5.75. The summed E-state index contributed by atoms with van der Waals surface area (Å²) >= 11 is 6.07. The Morgan fingerprint density at radius 2 is 1.73 bits per heavy atom. The molecule has 2 saturated carbocycles. The molecule has 0 spiro atoms. The Morgan fingerprint density at radius 1 is 1.06 bits per heavy atom. The number of hydrogen-bond donors (Lipinski definition) is 1. The fourth-order valence-electron chi connectivity index (χ4n) is 5.12. The average molecular weight is 479 g/mol. The van der Waals surface area contributed by atoms with E-state index in [0.29, 0.717) is 24.3 Å². The summed E-state index contributed by atoms with van der Waals surface area (Å²) in [4.78, 5) is 39.3. The lowest BCUT2D eigenvalue weighted by Crippen LogP contribution is -2.50. The van der Waals surface area contributed by atoms with Crippen LogP contribution in [0.1, 0.15) is 68.1 Å². The molecular weight excluding hydrogens is 447 g/mol. The van der Waals surface area contributed by atoms with Crippen LogP contribution in [0, 0.1) is 23.6 Å². The van der Waals surface area contributed by atoms with Crippen molar-refractivity contribution in [2.75, 3.05) is 19.6 Å². The summed E-state index contributed by atoms with van der Waals surface area (Å²) in [6, 6.07) is 3.94. The highest BCUT2D eigenvalue weighted by Gasteiger charge is 2.46. The Balaban J connectivity index is 1.21. The molecule has 1 aromatic rings. The van der Waals surface area contributed by atoms with E-state index in [0.717, 1.165) is 64.6 Å². The second-order valence-electron chi connectivity index (χ2n) is 9.89. The molecule has 4 rings (SSSR count). The summed E-state index contributed by atoms with van der Waals surface area (Å²) in [5.74, 6) is -0.910. The fraction of sp³-hybridized carbons (Fsp3) is 0.640. The third-order valence-electron chi connectivity index (χ3n) is 7.58. The van der Waals surface area contributed by atoms with Gasteiger partial charge in [-0.3, -0.25) is 14.4 Å². The summed E-state index contributed by atoms with van der Waals surface area (Å²) in [7, 11) is 0. The van der Waals surface area contributed by atoms with Gasteiger partial charge in [0.2, 0.25) is 0 Å². The quantitative estimate of drug-likeness (QED) is 0.448.